The number of hydrogen-bond acceptors (Lipinski definition) is 5. The van der Waals surface area contributed by atoms with Crippen molar-refractivity contribution in [2.45, 2.75) is 78.1 Å². The highest BCUT2D eigenvalue weighted by molar-refractivity contribution is 6.76. The molecule has 0 N–H and O–H groups in total. The van der Waals surface area contributed by atoms with Gasteiger partial charge in [-0.3, -0.25) is 4.79 Å². The van der Waals surface area contributed by atoms with Crippen molar-refractivity contribution in [3.63, 3.8) is 0 Å². The fourth-order valence-corrected chi connectivity index (χ4v) is 4.23. The van der Waals surface area contributed by atoms with E-state index in [0.29, 0.717) is 13.2 Å². The van der Waals surface area contributed by atoms with Crippen molar-refractivity contribution in [1.29, 1.82) is 0 Å². The molecule has 2 aromatic rings. The quantitative estimate of drug-likeness (QED) is 0.388. The highest BCUT2D eigenvalue weighted by atomic mass is 28.3. The molecule has 0 spiro atoms. The van der Waals surface area contributed by atoms with Crippen molar-refractivity contribution in [2.24, 2.45) is 5.92 Å². The van der Waals surface area contributed by atoms with Crippen molar-refractivity contribution < 1.29 is 14.3 Å². The largest absolute Gasteiger partial charge is 0.460 e. The Kier molecular flexibility index (Phi) is 6.33. The van der Waals surface area contributed by atoms with Gasteiger partial charge in [-0.05, 0) is 52.1 Å². The first kappa shape index (κ1) is 21.8. The molecular formula is C21H34N4O3Si. The molecule has 0 amide bonds. The molecule has 0 radical (unpaired) electrons. The highest BCUT2D eigenvalue weighted by Crippen LogP contribution is 2.31. The number of carbonyl (C=O) groups is 1. The third kappa shape index (κ3) is 5.79. The number of ether oxygens (including phenoxy) is 2. The summed E-state index contributed by atoms with van der Waals surface area (Å²) in [7, 11) is -1.12. The Bertz CT molecular complexity index is 831. The molecule has 0 aliphatic heterocycles. The molecular weight excluding hydrogens is 384 g/mol. The molecule has 1 atom stereocenters. The predicted molar refractivity (Wildman–Crippen MR) is 115 cm³/mol. The molecule has 29 heavy (non-hydrogen) atoms. The zero-order valence-electron chi connectivity index (χ0n) is 18.6. The van der Waals surface area contributed by atoms with Crippen LogP contribution >= 0.6 is 0 Å². The summed E-state index contributed by atoms with van der Waals surface area (Å²) in [5, 5.41) is 9.14. The van der Waals surface area contributed by atoms with Crippen LogP contribution in [0.5, 0.6) is 0 Å². The monoisotopic (exact) mass is 418 g/mol. The van der Waals surface area contributed by atoms with E-state index in [-0.39, 0.29) is 11.9 Å². The molecule has 0 fully saturated rings. The summed E-state index contributed by atoms with van der Waals surface area (Å²) in [6.45, 7) is 13.9. The second-order valence-electron chi connectivity index (χ2n) is 10.0. The molecule has 1 aliphatic rings. The van der Waals surface area contributed by atoms with E-state index in [2.05, 4.69) is 24.7 Å². The van der Waals surface area contributed by atoms with Crippen LogP contribution in [-0.4, -0.2) is 45.8 Å². The minimum Gasteiger partial charge on any atom is -0.460 e. The number of nitrogens with zero attached hydrogens (tertiary/aromatic N) is 4. The minimum atomic E-state index is -1.12. The zero-order chi connectivity index (χ0) is 21.2. The van der Waals surface area contributed by atoms with E-state index in [0.717, 1.165) is 42.6 Å². The summed E-state index contributed by atoms with van der Waals surface area (Å²) in [6.07, 6.45) is 5.79. The van der Waals surface area contributed by atoms with Gasteiger partial charge in [0.05, 0.1) is 5.92 Å². The fourth-order valence-electron chi connectivity index (χ4n) is 3.47. The first-order valence-electron chi connectivity index (χ1n) is 10.4. The summed E-state index contributed by atoms with van der Waals surface area (Å²) in [5.41, 5.74) is 1.74. The van der Waals surface area contributed by atoms with Gasteiger partial charge in [0, 0.05) is 38.3 Å². The van der Waals surface area contributed by atoms with Gasteiger partial charge >= 0.3 is 5.97 Å². The highest BCUT2D eigenvalue weighted by Gasteiger charge is 2.33. The van der Waals surface area contributed by atoms with Crippen molar-refractivity contribution in [1.82, 2.24) is 19.6 Å². The maximum absolute atomic E-state index is 12.6. The van der Waals surface area contributed by atoms with Gasteiger partial charge in [-0.2, -0.15) is 10.2 Å². The van der Waals surface area contributed by atoms with Crippen molar-refractivity contribution in [3.8, 4) is 5.82 Å². The Balaban J connectivity index is 1.78. The van der Waals surface area contributed by atoms with Crippen LogP contribution in [0.4, 0.5) is 0 Å². The molecule has 2 heterocycles. The second kappa shape index (κ2) is 8.43. The van der Waals surface area contributed by atoms with E-state index >= 15 is 0 Å². The van der Waals surface area contributed by atoms with Gasteiger partial charge < -0.3 is 9.47 Å². The van der Waals surface area contributed by atoms with Crippen LogP contribution in [0.15, 0.2) is 18.5 Å². The van der Waals surface area contributed by atoms with Gasteiger partial charge in [0.25, 0.3) is 0 Å². The number of rotatable bonds is 7. The normalized spacial score (nSPS) is 17.2. The van der Waals surface area contributed by atoms with Gasteiger partial charge in [-0.25, -0.2) is 9.36 Å². The maximum atomic E-state index is 12.6. The lowest BCUT2D eigenvalue weighted by Gasteiger charge is -2.26. The topological polar surface area (TPSA) is 71.2 Å². The van der Waals surface area contributed by atoms with Gasteiger partial charge in [-0.15, -0.1) is 0 Å². The molecule has 1 unspecified atom stereocenters. The van der Waals surface area contributed by atoms with E-state index in [1.54, 1.807) is 10.9 Å². The molecule has 0 aromatic carbocycles. The Morgan fingerprint density at radius 1 is 1.31 bits per heavy atom. The lowest BCUT2D eigenvalue weighted by atomic mass is 9.87. The zero-order valence-corrected chi connectivity index (χ0v) is 19.6. The number of esters is 1. The molecule has 1 aliphatic carbocycles. The molecule has 160 valence electrons. The summed E-state index contributed by atoms with van der Waals surface area (Å²) in [6, 6.07) is 3.01. The van der Waals surface area contributed by atoms with E-state index in [1.807, 2.05) is 37.7 Å². The second-order valence-corrected chi connectivity index (χ2v) is 15.6. The average Bonchev–Trinajstić information content (AvgIpc) is 3.23. The van der Waals surface area contributed by atoms with E-state index < -0.39 is 13.7 Å². The molecule has 2 aromatic heterocycles. The standard InChI is InChI=1S/C21H34N4O3Si/c1-21(2,3)28-20(26)16-8-9-18-17(14-16)19(24-11-7-10-22-24)23-25(18)15-27-12-13-29(4,5)6/h7,10-11,16H,8-9,12-15H2,1-6H3. The third-order valence-corrected chi connectivity index (χ3v) is 6.70. The Morgan fingerprint density at radius 3 is 2.69 bits per heavy atom. The molecule has 7 nitrogen and oxygen atoms in total. The van der Waals surface area contributed by atoms with E-state index in [9.17, 15) is 4.79 Å². The summed E-state index contributed by atoms with van der Waals surface area (Å²) >= 11 is 0. The van der Waals surface area contributed by atoms with Crippen molar-refractivity contribution in [3.05, 3.63) is 29.7 Å². The summed E-state index contributed by atoms with van der Waals surface area (Å²) in [4.78, 5) is 12.6. The van der Waals surface area contributed by atoms with Gasteiger partial charge in [-0.1, -0.05) is 19.6 Å². The summed E-state index contributed by atoms with van der Waals surface area (Å²) in [5.74, 6) is 0.502. The van der Waals surface area contributed by atoms with Crippen LogP contribution < -0.4 is 0 Å². The Labute approximate surface area is 174 Å². The van der Waals surface area contributed by atoms with Gasteiger partial charge in [0.2, 0.25) is 0 Å². The van der Waals surface area contributed by atoms with Crippen LogP contribution in [-0.2, 0) is 33.8 Å². The van der Waals surface area contributed by atoms with Gasteiger partial charge in [0.1, 0.15) is 12.3 Å². The smallest absolute Gasteiger partial charge is 0.309 e. The van der Waals surface area contributed by atoms with Gasteiger partial charge in [0.15, 0.2) is 5.82 Å². The Hall–Kier alpha value is -1.93. The number of hydrogen-bond donors (Lipinski definition) is 0. The molecule has 0 saturated carbocycles. The van der Waals surface area contributed by atoms with Crippen LogP contribution in [0.1, 0.15) is 38.4 Å². The fraction of sp³-hybridized carbons (Fsp3) is 0.667. The molecule has 0 saturated heterocycles. The lowest BCUT2D eigenvalue weighted by Crippen LogP contribution is -2.32. The summed E-state index contributed by atoms with van der Waals surface area (Å²) < 4.78 is 15.3. The first-order valence-corrected chi connectivity index (χ1v) is 14.1. The van der Waals surface area contributed by atoms with Crippen molar-refractivity contribution >= 4 is 14.0 Å². The predicted octanol–water partition coefficient (Wildman–Crippen LogP) is 3.83. The van der Waals surface area contributed by atoms with Crippen LogP contribution in [0.2, 0.25) is 25.7 Å². The number of fused-ring (bicyclic) bond motifs is 1. The molecule has 0 bridgehead atoms. The molecule has 3 rings (SSSR count). The van der Waals surface area contributed by atoms with Crippen molar-refractivity contribution in [2.75, 3.05) is 6.61 Å². The molecule has 8 heteroatoms. The number of carbonyl (C=O) groups excluding carboxylic acids is 1. The maximum Gasteiger partial charge on any atom is 0.309 e. The Morgan fingerprint density at radius 2 is 2.07 bits per heavy atom. The SMILES string of the molecule is CC(C)(C)OC(=O)C1CCc2c(c(-n3cccn3)nn2COCC[Si](C)(C)C)C1. The average molecular weight is 419 g/mol. The third-order valence-electron chi connectivity index (χ3n) is 5.00. The van der Waals surface area contributed by atoms with Crippen LogP contribution in [0.25, 0.3) is 5.82 Å². The van der Waals surface area contributed by atoms with E-state index in [1.165, 1.54) is 0 Å². The first-order chi connectivity index (χ1) is 13.5. The van der Waals surface area contributed by atoms with Crippen LogP contribution in [0, 0.1) is 5.92 Å². The van der Waals surface area contributed by atoms with E-state index in [4.69, 9.17) is 14.6 Å². The minimum absolute atomic E-state index is 0.131. The van der Waals surface area contributed by atoms with Crippen LogP contribution in [0.3, 0.4) is 0 Å². The lowest BCUT2D eigenvalue weighted by molar-refractivity contribution is -0.160. The number of aromatic nitrogens is 4.